The fourth-order valence-electron chi connectivity index (χ4n) is 2.64. The number of hydrogen-bond acceptors (Lipinski definition) is 2. The van der Waals surface area contributed by atoms with Crippen LogP contribution in [0.15, 0.2) is 18.2 Å². The molecule has 1 heterocycles. The average Bonchev–Trinajstić information content (AvgIpc) is 2.57. The molecule has 0 radical (unpaired) electrons. The zero-order valence-electron chi connectivity index (χ0n) is 12.5. The topological polar surface area (TPSA) is 15.3 Å². The molecule has 2 rings (SSSR count). The summed E-state index contributed by atoms with van der Waals surface area (Å²) < 4.78 is 13.5. The minimum Gasteiger partial charge on any atom is -0.370 e. The summed E-state index contributed by atoms with van der Waals surface area (Å²) in [6.07, 6.45) is 1.10. The number of anilines is 1. The molecule has 106 valence electrons. The summed E-state index contributed by atoms with van der Waals surface area (Å²) in [7, 11) is 0. The molecule has 1 aromatic rings. The summed E-state index contributed by atoms with van der Waals surface area (Å²) in [4.78, 5) is 2.33. The average molecular weight is 264 g/mol. The Morgan fingerprint density at radius 1 is 1.32 bits per heavy atom. The third-order valence-corrected chi connectivity index (χ3v) is 3.96. The van der Waals surface area contributed by atoms with E-state index in [4.69, 9.17) is 0 Å². The lowest BCUT2D eigenvalue weighted by Gasteiger charge is -2.35. The van der Waals surface area contributed by atoms with Gasteiger partial charge < -0.3 is 10.2 Å². The van der Waals surface area contributed by atoms with Crippen LogP contribution in [0.4, 0.5) is 10.1 Å². The highest BCUT2D eigenvalue weighted by molar-refractivity contribution is 5.53. The van der Waals surface area contributed by atoms with Crippen molar-refractivity contribution in [3.63, 3.8) is 0 Å². The van der Waals surface area contributed by atoms with Gasteiger partial charge in [-0.1, -0.05) is 26.8 Å². The van der Waals surface area contributed by atoms with E-state index in [2.05, 4.69) is 37.9 Å². The molecule has 1 fully saturated rings. The molecule has 1 aliphatic rings. The molecular weight excluding hydrogens is 239 g/mol. The predicted molar refractivity (Wildman–Crippen MR) is 79.2 cm³/mol. The Morgan fingerprint density at radius 3 is 2.74 bits per heavy atom. The fraction of sp³-hybridized carbons (Fsp3) is 0.625. The normalized spacial score (nSPS) is 21.3. The van der Waals surface area contributed by atoms with Gasteiger partial charge in [-0.3, -0.25) is 0 Å². The second-order valence-corrected chi connectivity index (χ2v) is 6.60. The number of rotatable bonds is 1. The molecular formula is C16H25FN2. The minimum absolute atomic E-state index is 0.148. The zero-order valence-corrected chi connectivity index (χ0v) is 12.5. The van der Waals surface area contributed by atoms with E-state index in [0.717, 1.165) is 37.3 Å². The van der Waals surface area contributed by atoms with E-state index in [1.54, 1.807) is 6.07 Å². The van der Waals surface area contributed by atoms with Crippen molar-refractivity contribution in [1.29, 1.82) is 0 Å². The van der Waals surface area contributed by atoms with Gasteiger partial charge in [0.05, 0.1) is 0 Å². The Labute approximate surface area is 116 Å². The molecule has 1 saturated heterocycles. The lowest BCUT2D eigenvalue weighted by molar-refractivity contribution is 0.280. The van der Waals surface area contributed by atoms with Crippen molar-refractivity contribution < 1.29 is 4.39 Å². The number of hydrogen-bond donors (Lipinski definition) is 1. The Kier molecular flexibility index (Phi) is 4.14. The molecule has 0 amide bonds. The minimum atomic E-state index is -0.148. The quantitative estimate of drug-likeness (QED) is 0.837. The Morgan fingerprint density at radius 2 is 2.05 bits per heavy atom. The Hall–Kier alpha value is -1.09. The second-order valence-electron chi connectivity index (χ2n) is 6.60. The van der Waals surface area contributed by atoms with Gasteiger partial charge in [-0.2, -0.15) is 0 Å². The first-order valence-electron chi connectivity index (χ1n) is 7.12. The van der Waals surface area contributed by atoms with Gasteiger partial charge in [-0.15, -0.1) is 0 Å². The summed E-state index contributed by atoms with van der Waals surface area (Å²) in [6.45, 7) is 11.8. The van der Waals surface area contributed by atoms with Crippen molar-refractivity contribution in [2.24, 2.45) is 5.41 Å². The third-order valence-electron chi connectivity index (χ3n) is 3.96. The van der Waals surface area contributed by atoms with E-state index in [0.29, 0.717) is 6.04 Å². The van der Waals surface area contributed by atoms with Crippen LogP contribution in [0.1, 0.15) is 32.8 Å². The van der Waals surface area contributed by atoms with Gasteiger partial charge in [0.2, 0.25) is 0 Å². The molecule has 1 unspecified atom stereocenters. The van der Waals surface area contributed by atoms with Gasteiger partial charge in [0.25, 0.3) is 0 Å². The highest BCUT2D eigenvalue weighted by Gasteiger charge is 2.28. The number of halogens is 1. The number of nitrogens with zero attached hydrogens (tertiary/aromatic N) is 1. The molecule has 1 atom stereocenters. The SMILES string of the molecule is Cc1ccc(F)cc1N1CCCNC(C(C)(C)C)C1. The van der Waals surface area contributed by atoms with E-state index >= 15 is 0 Å². The van der Waals surface area contributed by atoms with Gasteiger partial charge in [-0.25, -0.2) is 4.39 Å². The van der Waals surface area contributed by atoms with Gasteiger partial charge in [-0.05, 0) is 43.0 Å². The molecule has 1 aromatic carbocycles. The summed E-state index contributed by atoms with van der Waals surface area (Å²) in [6, 6.07) is 5.50. The highest BCUT2D eigenvalue weighted by atomic mass is 19.1. The number of benzene rings is 1. The van der Waals surface area contributed by atoms with Crippen LogP contribution in [0.3, 0.4) is 0 Å². The van der Waals surface area contributed by atoms with Crippen LogP contribution >= 0.6 is 0 Å². The maximum atomic E-state index is 13.5. The maximum Gasteiger partial charge on any atom is 0.125 e. The molecule has 1 N–H and O–H groups in total. The molecule has 0 saturated carbocycles. The summed E-state index contributed by atoms with van der Waals surface area (Å²) in [5, 5.41) is 3.62. The van der Waals surface area contributed by atoms with E-state index in [1.807, 2.05) is 6.07 Å². The highest BCUT2D eigenvalue weighted by Crippen LogP contribution is 2.27. The standard InChI is InChI=1S/C16H25FN2/c1-12-6-7-13(17)10-14(12)19-9-5-8-18-15(11-19)16(2,3)4/h6-7,10,15,18H,5,8-9,11H2,1-4H3. The maximum absolute atomic E-state index is 13.5. The monoisotopic (exact) mass is 264 g/mol. The van der Waals surface area contributed by atoms with Gasteiger partial charge in [0, 0.05) is 24.8 Å². The Balaban J connectivity index is 2.25. The van der Waals surface area contributed by atoms with Crippen molar-refractivity contribution in [3.05, 3.63) is 29.6 Å². The Bertz CT molecular complexity index is 437. The van der Waals surface area contributed by atoms with Gasteiger partial charge >= 0.3 is 0 Å². The summed E-state index contributed by atoms with van der Waals surface area (Å²) in [5.74, 6) is -0.148. The van der Waals surface area contributed by atoms with Gasteiger partial charge in [0.15, 0.2) is 0 Å². The first-order chi connectivity index (χ1) is 8.88. The first kappa shape index (κ1) is 14.3. The van der Waals surface area contributed by atoms with Crippen LogP contribution in [-0.4, -0.2) is 25.7 Å². The van der Waals surface area contributed by atoms with Crippen molar-refractivity contribution in [3.8, 4) is 0 Å². The zero-order chi connectivity index (χ0) is 14.0. The lowest BCUT2D eigenvalue weighted by atomic mass is 9.86. The predicted octanol–water partition coefficient (Wildman–Crippen LogP) is 3.35. The van der Waals surface area contributed by atoms with Crippen LogP contribution in [0.5, 0.6) is 0 Å². The second kappa shape index (κ2) is 5.49. The van der Waals surface area contributed by atoms with Crippen molar-refractivity contribution >= 4 is 5.69 Å². The molecule has 1 aliphatic heterocycles. The van der Waals surface area contributed by atoms with Crippen molar-refractivity contribution in [2.45, 2.75) is 40.2 Å². The largest absolute Gasteiger partial charge is 0.370 e. The van der Waals surface area contributed by atoms with Crippen LogP contribution < -0.4 is 10.2 Å². The van der Waals surface area contributed by atoms with E-state index in [1.165, 1.54) is 6.07 Å². The molecule has 0 aromatic heterocycles. The molecule has 0 aliphatic carbocycles. The smallest absolute Gasteiger partial charge is 0.125 e. The van der Waals surface area contributed by atoms with Gasteiger partial charge in [0.1, 0.15) is 5.82 Å². The summed E-state index contributed by atoms with van der Waals surface area (Å²) in [5.41, 5.74) is 2.40. The van der Waals surface area contributed by atoms with Crippen LogP contribution in [0.25, 0.3) is 0 Å². The third kappa shape index (κ3) is 3.47. The molecule has 2 nitrogen and oxygen atoms in total. The molecule has 3 heteroatoms. The molecule has 0 bridgehead atoms. The van der Waals surface area contributed by atoms with E-state index < -0.39 is 0 Å². The lowest BCUT2D eigenvalue weighted by Crippen LogP contribution is -2.46. The van der Waals surface area contributed by atoms with Crippen LogP contribution in [0.2, 0.25) is 0 Å². The molecule has 19 heavy (non-hydrogen) atoms. The van der Waals surface area contributed by atoms with Crippen LogP contribution in [-0.2, 0) is 0 Å². The van der Waals surface area contributed by atoms with Crippen molar-refractivity contribution in [2.75, 3.05) is 24.5 Å². The van der Waals surface area contributed by atoms with E-state index in [9.17, 15) is 4.39 Å². The van der Waals surface area contributed by atoms with Crippen LogP contribution in [0, 0.1) is 18.2 Å². The summed E-state index contributed by atoms with van der Waals surface area (Å²) >= 11 is 0. The fourth-order valence-corrected chi connectivity index (χ4v) is 2.64. The molecule has 0 spiro atoms. The van der Waals surface area contributed by atoms with Crippen molar-refractivity contribution in [1.82, 2.24) is 5.32 Å². The van der Waals surface area contributed by atoms with E-state index in [-0.39, 0.29) is 11.2 Å². The first-order valence-corrected chi connectivity index (χ1v) is 7.12. The number of aryl methyl sites for hydroxylation is 1. The number of nitrogens with one attached hydrogen (secondary N) is 1.